The molecule has 2 heteroatoms. The molecule has 1 N–H and O–H groups in total. The van der Waals surface area contributed by atoms with Gasteiger partial charge >= 0.3 is 0 Å². The van der Waals surface area contributed by atoms with Gasteiger partial charge in [0.15, 0.2) is 0 Å². The third-order valence-electron chi connectivity index (χ3n) is 3.71. The molecule has 2 nitrogen and oxygen atoms in total. The van der Waals surface area contributed by atoms with Gasteiger partial charge in [0.05, 0.1) is 0 Å². The van der Waals surface area contributed by atoms with E-state index in [-0.39, 0.29) is 0 Å². The molecule has 0 aromatic carbocycles. The van der Waals surface area contributed by atoms with Crippen LogP contribution >= 0.6 is 0 Å². The van der Waals surface area contributed by atoms with E-state index in [0.29, 0.717) is 5.54 Å². The summed E-state index contributed by atoms with van der Waals surface area (Å²) in [6.45, 7) is 12.9. The highest BCUT2D eigenvalue weighted by atomic mass is 15.2. The Kier molecular flexibility index (Phi) is 5.07. The van der Waals surface area contributed by atoms with Gasteiger partial charge in [0.1, 0.15) is 0 Å². The highest BCUT2D eigenvalue weighted by Gasteiger charge is 2.29. The van der Waals surface area contributed by atoms with Crippen LogP contribution in [-0.4, -0.2) is 36.1 Å². The van der Waals surface area contributed by atoms with Crippen LogP contribution in [0.4, 0.5) is 0 Å². The third kappa shape index (κ3) is 3.76. The van der Waals surface area contributed by atoms with Gasteiger partial charge in [-0.25, -0.2) is 0 Å². The van der Waals surface area contributed by atoms with Gasteiger partial charge in [-0.3, -0.25) is 4.90 Å². The third-order valence-corrected chi connectivity index (χ3v) is 3.71. The molecule has 0 atom stereocenters. The van der Waals surface area contributed by atoms with Crippen LogP contribution in [0.25, 0.3) is 0 Å². The van der Waals surface area contributed by atoms with Gasteiger partial charge in [-0.15, -0.1) is 0 Å². The molecule has 90 valence electrons. The Balaban J connectivity index is 2.36. The number of nitrogens with one attached hydrogen (secondary N) is 1. The number of likely N-dealkylation sites (tertiary alicyclic amines) is 1. The van der Waals surface area contributed by atoms with Crippen LogP contribution < -0.4 is 5.32 Å². The summed E-state index contributed by atoms with van der Waals surface area (Å²) in [5.74, 6) is 0. The maximum atomic E-state index is 3.56. The standard InChI is InChI=1S/C13H28N2/c1-5-9-13(3,4)15-10-7-12(8-11-15)14-6-2/h12,14H,5-11H2,1-4H3. The number of hydrogen-bond donors (Lipinski definition) is 1. The zero-order chi connectivity index (χ0) is 11.3. The van der Waals surface area contributed by atoms with Gasteiger partial charge in [-0.1, -0.05) is 20.3 Å². The molecular weight excluding hydrogens is 184 g/mol. The van der Waals surface area contributed by atoms with E-state index < -0.39 is 0 Å². The molecule has 0 bridgehead atoms. The van der Waals surface area contributed by atoms with Crippen LogP contribution in [0.15, 0.2) is 0 Å². The molecule has 1 rings (SSSR count). The summed E-state index contributed by atoms with van der Waals surface area (Å²) in [5, 5.41) is 3.56. The Morgan fingerprint density at radius 3 is 2.27 bits per heavy atom. The van der Waals surface area contributed by atoms with E-state index in [2.05, 4.69) is 37.9 Å². The minimum Gasteiger partial charge on any atom is -0.314 e. The lowest BCUT2D eigenvalue weighted by Crippen LogP contribution is -2.51. The van der Waals surface area contributed by atoms with Crippen LogP contribution in [0, 0.1) is 0 Å². The fourth-order valence-electron chi connectivity index (χ4n) is 2.75. The maximum absolute atomic E-state index is 3.56. The van der Waals surface area contributed by atoms with Crippen LogP contribution in [0.1, 0.15) is 53.4 Å². The fourth-order valence-corrected chi connectivity index (χ4v) is 2.75. The monoisotopic (exact) mass is 212 g/mol. The average Bonchev–Trinajstić information content (AvgIpc) is 2.19. The van der Waals surface area contributed by atoms with Crippen molar-refractivity contribution < 1.29 is 0 Å². The van der Waals surface area contributed by atoms with Crippen LogP contribution in [0.3, 0.4) is 0 Å². The summed E-state index contributed by atoms with van der Waals surface area (Å²) in [6, 6.07) is 0.767. The van der Waals surface area contributed by atoms with Crippen molar-refractivity contribution in [1.29, 1.82) is 0 Å². The van der Waals surface area contributed by atoms with Crippen molar-refractivity contribution in [3.8, 4) is 0 Å². The van der Waals surface area contributed by atoms with E-state index in [1.807, 2.05) is 0 Å². The quantitative estimate of drug-likeness (QED) is 0.753. The summed E-state index contributed by atoms with van der Waals surface area (Å²) < 4.78 is 0. The van der Waals surface area contributed by atoms with Crippen LogP contribution in [-0.2, 0) is 0 Å². The number of rotatable bonds is 5. The highest BCUT2D eigenvalue weighted by molar-refractivity contribution is 4.86. The summed E-state index contributed by atoms with van der Waals surface area (Å²) in [5.41, 5.74) is 0.409. The van der Waals surface area contributed by atoms with Gasteiger partial charge in [-0.05, 0) is 39.7 Å². The molecule has 0 aromatic heterocycles. The second-order valence-corrected chi connectivity index (χ2v) is 5.38. The first-order chi connectivity index (χ1) is 7.10. The molecular formula is C13H28N2. The summed E-state index contributed by atoms with van der Waals surface area (Å²) in [7, 11) is 0. The van der Waals surface area contributed by atoms with Crippen molar-refractivity contribution in [3.63, 3.8) is 0 Å². The molecule has 0 amide bonds. The molecule has 1 fully saturated rings. The fraction of sp³-hybridized carbons (Fsp3) is 1.00. The van der Waals surface area contributed by atoms with Crippen molar-refractivity contribution in [2.24, 2.45) is 0 Å². The molecule has 0 spiro atoms. The van der Waals surface area contributed by atoms with E-state index in [4.69, 9.17) is 0 Å². The van der Waals surface area contributed by atoms with Crippen LogP contribution in [0.2, 0.25) is 0 Å². The van der Waals surface area contributed by atoms with E-state index in [1.165, 1.54) is 38.8 Å². The second-order valence-electron chi connectivity index (χ2n) is 5.38. The lowest BCUT2D eigenvalue weighted by Gasteiger charge is -2.43. The first kappa shape index (κ1) is 13.0. The average molecular weight is 212 g/mol. The summed E-state index contributed by atoms with van der Waals surface area (Å²) in [6.07, 6.45) is 5.25. The first-order valence-electron chi connectivity index (χ1n) is 6.58. The van der Waals surface area contributed by atoms with Crippen molar-refractivity contribution in [2.75, 3.05) is 19.6 Å². The van der Waals surface area contributed by atoms with Gasteiger partial charge in [0.2, 0.25) is 0 Å². The lowest BCUT2D eigenvalue weighted by atomic mass is 9.92. The lowest BCUT2D eigenvalue weighted by molar-refractivity contribution is 0.0759. The van der Waals surface area contributed by atoms with Crippen molar-refractivity contribution >= 4 is 0 Å². The molecule has 1 saturated heterocycles. The Morgan fingerprint density at radius 1 is 1.20 bits per heavy atom. The predicted molar refractivity (Wildman–Crippen MR) is 67.3 cm³/mol. The summed E-state index contributed by atoms with van der Waals surface area (Å²) >= 11 is 0. The van der Waals surface area contributed by atoms with E-state index in [0.717, 1.165) is 12.6 Å². The van der Waals surface area contributed by atoms with Crippen LogP contribution in [0.5, 0.6) is 0 Å². The molecule has 0 unspecified atom stereocenters. The molecule has 0 aliphatic carbocycles. The van der Waals surface area contributed by atoms with Gasteiger partial charge < -0.3 is 5.32 Å². The Labute approximate surface area is 95.4 Å². The molecule has 15 heavy (non-hydrogen) atoms. The zero-order valence-corrected chi connectivity index (χ0v) is 11.0. The number of nitrogens with zero attached hydrogens (tertiary/aromatic N) is 1. The van der Waals surface area contributed by atoms with Gasteiger partial charge in [0, 0.05) is 24.7 Å². The largest absolute Gasteiger partial charge is 0.314 e. The molecule has 1 aliphatic rings. The first-order valence-corrected chi connectivity index (χ1v) is 6.58. The minimum atomic E-state index is 0.409. The second kappa shape index (κ2) is 5.86. The smallest absolute Gasteiger partial charge is 0.0153 e. The highest BCUT2D eigenvalue weighted by Crippen LogP contribution is 2.24. The molecule has 0 aromatic rings. The molecule has 1 aliphatic heterocycles. The Hall–Kier alpha value is -0.0800. The molecule has 0 radical (unpaired) electrons. The SMILES string of the molecule is CCCC(C)(C)N1CCC(NCC)CC1. The van der Waals surface area contributed by atoms with E-state index in [9.17, 15) is 0 Å². The Bertz CT molecular complexity index is 169. The van der Waals surface area contributed by atoms with Crippen molar-refractivity contribution in [1.82, 2.24) is 10.2 Å². The van der Waals surface area contributed by atoms with Gasteiger partial charge in [-0.2, -0.15) is 0 Å². The maximum Gasteiger partial charge on any atom is 0.0153 e. The van der Waals surface area contributed by atoms with E-state index >= 15 is 0 Å². The Morgan fingerprint density at radius 2 is 1.80 bits per heavy atom. The molecule has 1 heterocycles. The summed E-state index contributed by atoms with van der Waals surface area (Å²) in [4.78, 5) is 2.67. The topological polar surface area (TPSA) is 15.3 Å². The predicted octanol–water partition coefficient (Wildman–Crippen LogP) is 2.64. The van der Waals surface area contributed by atoms with Crippen molar-refractivity contribution in [3.05, 3.63) is 0 Å². The van der Waals surface area contributed by atoms with Gasteiger partial charge in [0.25, 0.3) is 0 Å². The molecule has 0 saturated carbocycles. The zero-order valence-electron chi connectivity index (χ0n) is 11.0. The number of hydrogen-bond acceptors (Lipinski definition) is 2. The van der Waals surface area contributed by atoms with E-state index in [1.54, 1.807) is 0 Å². The minimum absolute atomic E-state index is 0.409. The van der Waals surface area contributed by atoms with Crippen molar-refractivity contribution in [2.45, 2.75) is 65.0 Å². The normalized spacial score (nSPS) is 20.8. The number of piperidine rings is 1.